The van der Waals surface area contributed by atoms with Crippen molar-refractivity contribution in [3.05, 3.63) is 30.3 Å². The van der Waals surface area contributed by atoms with Gasteiger partial charge in [-0.05, 0) is 25.0 Å². The summed E-state index contributed by atoms with van der Waals surface area (Å²) in [7, 11) is 0. The Kier molecular flexibility index (Phi) is 6.01. The molecule has 0 aliphatic heterocycles. The van der Waals surface area contributed by atoms with E-state index in [2.05, 4.69) is 13.8 Å². The van der Waals surface area contributed by atoms with Crippen LogP contribution >= 0.6 is 0 Å². The zero-order chi connectivity index (χ0) is 12.6. The lowest BCUT2D eigenvalue weighted by Gasteiger charge is -2.26. The lowest BCUT2D eigenvalue weighted by molar-refractivity contribution is 0.0598. The topological polar surface area (TPSA) is 44.5 Å². The highest BCUT2D eigenvalue weighted by atomic mass is 16.5. The fraction of sp³-hybridized carbons (Fsp3) is 0.571. The van der Waals surface area contributed by atoms with E-state index in [9.17, 15) is 0 Å². The van der Waals surface area contributed by atoms with E-state index in [1.165, 1.54) is 0 Å². The Bertz CT molecular complexity index is 296. The maximum absolute atomic E-state index is 6.12. The summed E-state index contributed by atoms with van der Waals surface area (Å²) in [5, 5.41) is 0. The average molecular weight is 237 g/mol. The largest absolute Gasteiger partial charge is 0.491 e. The van der Waals surface area contributed by atoms with Crippen molar-refractivity contribution in [1.82, 2.24) is 0 Å². The second-order valence-corrected chi connectivity index (χ2v) is 4.28. The van der Waals surface area contributed by atoms with E-state index in [4.69, 9.17) is 15.2 Å². The van der Waals surface area contributed by atoms with Gasteiger partial charge in [-0.1, -0.05) is 32.0 Å². The van der Waals surface area contributed by atoms with Gasteiger partial charge < -0.3 is 15.2 Å². The van der Waals surface area contributed by atoms with Gasteiger partial charge in [0, 0.05) is 5.54 Å². The lowest BCUT2D eigenvalue weighted by Crippen LogP contribution is -2.43. The smallest absolute Gasteiger partial charge is 0.119 e. The Morgan fingerprint density at radius 3 is 2.29 bits per heavy atom. The van der Waals surface area contributed by atoms with E-state index in [0.717, 1.165) is 18.6 Å². The van der Waals surface area contributed by atoms with Crippen molar-refractivity contribution in [2.45, 2.75) is 32.2 Å². The van der Waals surface area contributed by atoms with Gasteiger partial charge in [0.2, 0.25) is 0 Å². The molecule has 0 fully saturated rings. The van der Waals surface area contributed by atoms with E-state index < -0.39 is 0 Å². The van der Waals surface area contributed by atoms with Crippen molar-refractivity contribution in [3.63, 3.8) is 0 Å². The first-order chi connectivity index (χ1) is 8.20. The quantitative estimate of drug-likeness (QED) is 0.707. The minimum atomic E-state index is -0.188. The Labute approximate surface area is 104 Å². The minimum Gasteiger partial charge on any atom is -0.491 e. The Morgan fingerprint density at radius 1 is 1.06 bits per heavy atom. The molecule has 1 aromatic carbocycles. The van der Waals surface area contributed by atoms with E-state index in [1.54, 1.807) is 0 Å². The SMILES string of the molecule is CCC(N)(CC)COCCOc1ccccc1. The lowest BCUT2D eigenvalue weighted by atomic mass is 9.96. The first-order valence-corrected chi connectivity index (χ1v) is 6.24. The highest BCUT2D eigenvalue weighted by Crippen LogP contribution is 2.11. The zero-order valence-corrected chi connectivity index (χ0v) is 10.8. The maximum Gasteiger partial charge on any atom is 0.119 e. The fourth-order valence-corrected chi connectivity index (χ4v) is 1.46. The first kappa shape index (κ1) is 14.0. The van der Waals surface area contributed by atoms with E-state index in [-0.39, 0.29) is 5.54 Å². The van der Waals surface area contributed by atoms with Gasteiger partial charge in [0.05, 0.1) is 13.2 Å². The van der Waals surface area contributed by atoms with Gasteiger partial charge in [-0.25, -0.2) is 0 Å². The predicted octanol–water partition coefficient (Wildman–Crippen LogP) is 2.60. The Morgan fingerprint density at radius 2 is 1.71 bits per heavy atom. The molecule has 1 aromatic rings. The summed E-state index contributed by atoms with van der Waals surface area (Å²) in [4.78, 5) is 0. The summed E-state index contributed by atoms with van der Waals surface area (Å²) in [5.74, 6) is 0.876. The van der Waals surface area contributed by atoms with Crippen LogP contribution in [0.25, 0.3) is 0 Å². The number of rotatable bonds is 8. The fourth-order valence-electron chi connectivity index (χ4n) is 1.46. The molecule has 96 valence electrons. The van der Waals surface area contributed by atoms with Crippen molar-refractivity contribution in [2.24, 2.45) is 5.73 Å². The Hall–Kier alpha value is -1.06. The third-order valence-electron chi connectivity index (χ3n) is 3.04. The molecule has 0 aliphatic rings. The van der Waals surface area contributed by atoms with Crippen LogP contribution < -0.4 is 10.5 Å². The van der Waals surface area contributed by atoms with Crippen LogP contribution in [0.1, 0.15) is 26.7 Å². The molecule has 0 spiro atoms. The zero-order valence-electron chi connectivity index (χ0n) is 10.8. The van der Waals surface area contributed by atoms with Gasteiger partial charge in [0.1, 0.15) is 12.4 Å². The molecule has 0 amide bonds. The molecule has 0 atom stereocenters. The highest BCUT2D eigenvalue weighted by Gasteiger charge is 2.19. The van der Waals surface area contributed by atoms with Gasteiger partial charge in [-0.3, -0.25) is 0 Å². The van der Waals surface area contributed by atoms with Crippen molar-refractivity contribution >= 4 is 0 Å². The van der Waals surface area contributed by atoms with Crippen LogP contribution in [-0.4, -0.2) is 25.4 Å². The van der Waals surface area contributed by atoms with Crippen LogP contribution in [0.5, 0.6) is 5.75 Å². The van der Waals surface area contributed by atoms with Crippen LogP contribution in [0.15, 0.2) is 30.3 Å². The molecule has 2 N–H and O–H groups in total. The van der Waals surface area contributed by atoms with E-state index in [0.29, 0.717) is 19.8 Å². The molecule has 0 radical (unpaired) electrons. The molecular weight excluding hydrogens is 214 g/mol. The first-order valence-electron chi connectivity index (χ1n) is 6.24. The summed E-state index contributed by atoms with van der Waals surface area (Å²) in [6.45, 7) is 5.92. The van der Waals surface area contributed by atoms with Crippen LogP contribution in [-0.2, 0) is 4.74 Å². The van der Waals surface area contributed by atoms with Crippen LogP contribution in [0.4, 0.5) is 0 Å². The highest BCUT2D eigenvalue weighted by molar-refractivity contribution is 5.20. The third kappa shape index (κ3) is 5.20. The normalized spacial score (nSPS) is 11.5. The summed E-state index contributed by atoms with van der Waals surface area (Å²) in [6.07, 6.45) is 1.87. The molecule has 0 aromatic heterocycles. The summed E-state index contributed by atoms with van der Waals surface area (Å²) < 4.78 is 11.1. The Balaban J connectivity index is 2.13. The van der Waals surface area contributed by atoms with Crippen molar-refractivity contribution in [2.75, 3.05) is 19.8 Å². The monoisotopic (exact) mass is 237 g/mol. The number of benzene rings is 1. The van der Waals surface area contributed by atoms with Gasteiger partial charge in [0.15, 0.2) is 0 Å². The number of hydrogen-bond donors (Lipinski definition) is 1. The third-order valence-corrected chi connectivity index (χ3v) is 3.04. The van der Waals surface area contributed by atoms with Gasteiger partial charge in [0.25, 0.3) is 0 Å². The predicted molar refractivity (Wildman–Crippen MR) is 70.3 cm³/mol. The minimum absolute atomic E-state index is 0.188. The summed E-state index contributed by atoms with van der Waals surface area (Å²) in [5.41, 5.74) is 5.94. The van der Waals surface area contributed by atoms with E-state index >= 15 is 0 Å². The molecule has 3 nitrogen and oxygen atoms in total. The standard InChI is InChI=1S/C14H23NO2/c1-3-14(15,4-2)12-16-10-11-17-13-8-6-5-7-9-13/h5-9H,3-4,10-12,15H2,1-2H3. The molecule has 0 saturated carbocycles. The molecule has 17 heavy (non-hydrogen) atoms. The molecule has 0 bridgehead atoms. The number of para-hydroxylation sites is 1. The second kappa shape index (κ2) is 7.30. The van der Waals surface area contributed by atoms with Crippen LogP contribution in [0, 0.1) is 0 Å². The number of nitrogens with two attached hydrogens (primary N) is 1. The molecular formula is C14H23NO2. The molecule has 1 rings (SSSR count). The molecule has 0 unspecified atom stereocenters. The average Bonchev–Trinajstić information content (AvgIpc) is 2.39. The van der Waals surface area contributed by atoms with Crippen molar-refractivity contribution in [1.29, 1.82) is 0 Å². The molecule has 0 saturated heterocycles. The summed E-state index contributed by atoms with van der Waals surface area (Å²) >= 11 is 0. The van der Waals surface area contributed by atoms with Gasteiger partial charge in [-0.15, -0.1) is 0 Å². The maximum atomic E-state index is 6.12. The van der Waals surface area contributed by atoms with Gasteiger partial charge in [-0.2, -0.15) is 0 Å². The number of ether oxygens (including phenoxy) is 2. The van der Waals surface area contributed by atoms with Crippen LogP contribution in [0.2, 0.25) is 0 Å². The molecule has 0 heterocycles. The summed E-state index contributed by atoms with van der Waals surface area (Å²) in [6, 6.07) is 9.75. The van der Waals surface area contributed by atoms with Crippen molar-refractivity contribution < 1.29 is 9.47 Å². The second-order valence-electron chi connectivity index (χ2n) is 4.28. The molecule has 0 aliphatic carbocycles. The van der Waals surface area contributed by atoms with Crippen molar-refractivity contribution in [3.8, 4) is 5.75 Å². The number of hydrogen-bond acceptors (Lipinski definition) is 3. The van der Waals surface area contributed by atoms with E-state index in [1.807, 2.05) is 30.3 Å². The molecule has 3 heteroatoms. The van der Waals surface area contributed by atoms with Gasteiger partial charge >= 0.3 is 0 Å². The van der Waals surface area contributed by atoms with Crippen LogP contribution in [0.3, 0.4) is 0 Å².